The minimum absolute atomic E-state index is 0.130. The van der Waals surface area contributed by atoms with Crippen LogP contribution < -0.4 is 4.90 Å². The van der Waals surface area contributed by atoms with Gasteiger partial charge in [0.2, 0.25) is 5.69 Å². The molecular formula is C44H61N2O6S2+. The third-order valence-corrected chi connectivity index (χ3v) is 13.1. The number of fused-ring (bicyclic) bond motifs is 2. The summed E-state index contributed by atoms with van der Waals surface area (Å²) in [6.45, 7) is 21.5. The highest BCUT2D eigenvalue weighted by Gasteiger charge is 2.45. The fourth-order valence-corrected chi connectivity index (χ4v) is 9.82. The van der Waals surface area contributed by atoms with E-state index in [-0.39, 0.29) is 27.9 Å². The maximum atomic E-state index is 12.1. The van der Waals surface area contributed by atoms with Gasteiger partial charge in [0.15, 0.2) is 5.71 Å². The minimum Gasteiger partial charge on any atom is -0.344 e. The van der Waals surface area contributed by atoms with Crippen LogP contribution in [0.15, 0.2) is 88.0 Å². The van der Waals surface area contributed by atoms with Crippen LogP contribution in [0, 0.1) is 12.3 Å². The van der Waals surface area contributed by atoms with Gasteiger partial charge in [-0.25, -0.2) is 0 Å². The molecule has 5 rings (SSSR count). The molecule has 0 saturated carbocycles. The van der Waals surface area contributed by atoms with Gasteiger partial charge in [0.05, 0.1) is 16.1 Å². The second-order valence-corrected chi connectivity index (χ2v) is 20.4. The lowest BCUT2D eigenvalue weighted by molar-refractivity contribution is -0.438. The smallest absolute Gasteiger partial charge is 0.294 e. The lowest BCUT2D eigenvalue weighted by atomic mass is 9.73. The molecule has 2 N–H and O–H groups in total. The molecule has 0 spiro atoms. The number of benzene rings is 2. The predicted molar refractivity (Wildman–Crippen MR) is 221 cm³/mol. The molecule has 0 unspecified atom stereocenters. The first-order chi connectivity index (χ1) is 25.1. The van der Waals surface area contributed by atoms with Crippen LogP contribution in [0.2, 0.25) is 0 Å². The third-order valence-electron chi connectivity index (χ3n) is 11.4. The van der Waals surface area contributed by atoms with E-state index in [1.54, 1.807) is 12.1 Å². The Hall–Kier alpha value is -3.31. The Balaban J connectivity index is 1.59. The first-order valence-corrected chi connectivity index (χ1v) is 22.6. The molecule has 10 heteroatoms. The van der Waals surface area contributed by atoms with Crippen LogP contribution in [-0.2, 0) is 31.1 Å². The molecule has 0 radical (unpaired) electrons. The van der Waals surface area contributed by atoms with Crippen LogP contribution in [0.25, 0.3) is 0 Å². The second-order valence-electron chi connectivity index (χ2n) is 17.4. The average molecular weight is 778 g/mol. The van der Waals surface area contributed by atoms with E-state index in [1.807, 2.05) is 13.8 Å². The largest absolute Gasteiger partial charge is 0.344 e. The van der Waals surface area contributed by atoms with Gasteiger partial charge in [-0.3, -0.25) is 9.11 Å². The van der Waals surface area contributed by atoms with Crippen molar-refractivity contribution in [2.24, 2.45) is 5.41 Å². The normalized spacial score (nSPS) is 20.2. The predicted octanol–water partition coefficient (Wildman–Crippen LogP) is 10.2. The summed E-state index contributed by atoms with van der Waals surface area (Å²) in [6, 6.07) is 11.5. The van der Waals surface area contributed by atoms with Gasteiger partial charge >= 0.3 is 0 Å². The molecule has 0 bridgehead atoms. The van der Waals surface area contributed by atoms with E-state index < -0.39 is 25.7 Å². The molecule has 0 amide bonds. The number of rotatable bonds is 13. The summed E-state index contributed by atoms with van der Waals surface area (Å²) in [6.07, 6.45) is 16.4. The summed E-state index contributed by atoms with van der Waals surface area (Å²) in [5.41, 5.74) is 10.9. The Kier molecular flexibility index (Phi) is 12.1. The number of allylic oxidation sites excluding steroid dienone is 8. The van der Waals surface area contributed by atoms with Crippen LogP contribution in [0.1, 0.15) is 123 Å². The number of hydrogen-bond donors (Lipinski definition) is 2. The van der Waals surface area contributed by atoms with Crippen molar-refractivity contribution in [1.29, 1.82) is 0 Å². The fraction of sp³-hybridized carbons (Fsp3) is 0.523. The van der Waals surface area contributed by atoms with E-state index in [4.69, 9.17) is 0 Å². The van der Waals surface area contributed by atoms with Crippen molar-refractivity contribution in [1.82, 2.24) is 0 Å². The monoisotopic (exact) mass is 777 g/mol. The van der Waals surface area contributed by atoms with Crippen LogP contribution in [0.4, 0.5) is 11.4 Å². The van der Waals surface area contributed by atoms with Crippen LogP contribution in [-0.4, -0.2) is 55.1 Å². The van der Waals surface area contributed by atoms with Crippen LogP contribution in [0.5, 0.6) is 0 Å². The molecular weight excluding hydrogens is 717 g/mol. The fourth-order valence-electron chi connectivity index (χ4n) is 8.74. The number of anilines is 1. The second kappa shape index (κ2) is 15.7. The Morgan fingerprint density at radius 2 is 1.57 bits per heavy atom. The number of unbranched alkanes of at least 4 members (excludes halogenated alkanes) is 3. The average Bonchev–Trinajstić information content (AvgIpc) is 3.40. The Bertz CT molecular complexity index is 2160. The van der Waals surface area contributed by atoms with E-state index >= 15 is 0 Å². The van der Waals surface area contributed by atoms with Crippen molar-refractivity contribution in [3.63, 3.8) is 0 Å². The molecule has 0 aromatic heterocycles. The first-order valence-electron chi connectivity index (χ1n) is 19.5. The van der Waals surface area contributed by atoms with Gasteiger partial charge in [0, 0.05) is 47.5 Å². The van der Waals surface area contributed by atoms with Crippen molar-refractivity contribution in [3.05, 3.63) is 99.8 Å². The molecule has 8 nitrogen and oxygen atoms in total. The molecule has 294 valence electrons. The quantitative estimate of drug-likeness (QED) is 0.118. The van der Waals surface area contributed by atoms with E-state index in [0.717, 1.165) is 49.2 Å². The number of nitrogens with zero attached hydrogens (tertiary/aromatic N) is 2. The zero-order valence-corrected chi connectivity index (χ0v) is 35.4. The third kappa shape index (κ3) is 8.88. The van der Waals surface area contributed by atoms with E-state index in [0.29, 0.717) is 13.0 Å². The summed E-state index contributed by atoms with van der Waals surface area (Å²) in [7, 11) is -8.50. The van der Waals surface area contributed by atoms with Gasteiger partial charge in [-0.2, -0.15) is 21.4 Å². The molecule has 0 atom stereocenters. The summed E-state index contributed by atoms with van der Waals surface area (Å²) in [5.74, 6) is -0.323. The van der Waals surface area contributed by atoms with Gasteiger partial charge in [0.25, 0.3) is 20.2 Å². The standard InChI is InChI=1S/C44H60N2O6S2/c1-10-11-12-26-45-37-22-18-31(2)29-35(37)43(6,7)39(45)24-19-32-16-15-17-33(41(32)42(3,4)5)20-25-40-44(8,9)36-30-34(54(50,51)52)21-23-38(36)46(40)27-13-14-28-53(47,48)49/h18-25,29-30H,10-17,26-28H2,1-9H3,(H-,47,48,49,50,51,52)/p+1. The van der Waals surface area contributed by atoms with Gasteiger partial charge in [0.1, 0.15) is 6.54 Å². The molecule has 2 heterocycles. The summed E-state index contributed by atoms with van der Waals surface area (Å²) in [4.78, 5) is 2.38. The van der Waals surface area contributed by atoms with Crippen LogP contribution in [0.3, 0.4) is 0 Å². The lowest BCUT2D eigenvalue weighted by Crippen LogP contribution is -2.28. The number of aryl methyl sites for hydroxylation is 1. The summed E-state index contributed by atoms with van der Waals surface area (Å²) < 4.78 is 68.5. The van der Waals surface area contributed by atoms with Gasteiger partial charge in [-0.15, -0.1) is 0 Å². The van der Waals surface area contributed by atoms with Gasteiger partial charge in [-0.1, -0.05) is 84.2 Å². The van der Waals surface area contributed by atoms with Gasteiger partial charge < -0.3 is 4.90 Å². The molecule has 1 aliphatic carbocycles. The summed E-state index contributed by atoms with van der Waals surface area (Å²) >= 11 is 0. The maximum Gasteiger partial charge on any atom is 0.294 e. The SMILES string of the molecule is CCCCCN1/C(=C/C=C2\CCCC(/C=C/C3=[N+](CCCCS(=O)(=O)O)c4ccc(S(=O)(=O)O)cc4C3(C)C)=C2C(C)(C)C)C(C)(C)c2cc(C)ccc21. The molecule has 0 saturated heterocycles. The van der Waals surface area contributed by atoms with E-state index in [1.165, 1.54) is 58.1 Å². The highest BCUT2D eigenvalue weighted by molar-refractivity contribution is 7.86. The molecule has 2 aromatic carbocycles. The van der Waals surface area contributed by atoms with Crippen molar-refractivity contribution in [2.45, 2.75) is 129 Å². The zero-order valence-electron chi connectivity index (χ0n) is 33.8. The molecule has 54 heavy (non-hydrogen) atoms. The Morgan fingerprint density at radius 1 is 0.852 bits per heavy atom. The van der Waals surface area contributed by atoms with Crippen molar-refractivity contribution < 1.29 is 30.5 Å². The highest BCUT2D eigenvalue weighted by atomic mass is 32.2. The Morgan fingerprint density at radius 3 is 2.22 bits per heavy atom. The molecule has 0 fully saturated rings. The molecule has 2 aromatic rings. The van der Waals surface area contributed by atoms with E-state index in [2.05, 4.69) is 100 Å². The minimum atomic E-state index is -4.41. The first kappa shape index (κ1) is 41.8. The van der Waals surface area contributed by atoms with E-state index in [9.17, 15) is 25.9 Å². The topological polar surface area (TPSA) is 115 Å². The van der Waals surface area contributed by atoms with Gasteiger partial charge in [-0.05, 0) is 105 Å². The molecule has 2 aliphatic heterocycles. The van der Waals surface area contributed by atoms with Crippen molar-refractivity contribution in [3.8, 4) is 0 Å². The number of hydrogen-bond acceptors (Lipinski definition) is 5. The lowest BCUT2D eigenvalue weighted by Gasteiger charge is -2.32. The van der Waals surface area contributed by atoms with Crippen molar-refractivity contribution >= 4 is 37.3 Å². The summed E-state index contributed by atoms with van der Waals surface area (Å²) in [5, 5.41) is 0. The highest BCUT2D eigenvalue weighted by Crippen LogP contribution is 2.49. The molecule has 3 aliphatic rings. The van der Waals surface area contributed by atoms with Crippen molar-refractivity contribution in [2.75, 3.05) is 23.7 Å². The zero-order chi connectivity index (χ0) is 39.9. The Labute approximate surface area is 325 Å². The van der Waals surface area contributed by atoms with Crippen LogP contribution >= 0.6 is 0 Å². The maximum absolute atomic E-state index is 12.1.